The maximum Gasteiger partial charge on any atom is 0.111 e. The van der Waals surface area contributed by atoms with Crippen LogP contribution in [0.3, 0.4) is 0 Å². The van der Waals surface area contributed by atoms with Crippen LogP contribution in [0.15, 0.2) is 36.9 Å². The molecule has 2 aromatic heterocycles. The van der Waals surface area contributed by atoms with Crippen molar-refractivity contribution in [3.8, 4) is 0 Å². The molecule has 0 aliphatic rings. The lowest BCUT2D eigenvalue weighted by molar-refractivity contribution is 0.174. The van der Waals surface area contributed by atoms with Crippen molar-refractivity contribution in [2.24, 2.45) is 0 Å². The van der Waals surface area contributed by atoms with Gasteiger partial charge in [0.15, 0.2) is 0 Å². The highest BCUT2D eigenvalue weighted by Gasteiger charge is 2.12. The number of aliphatic hydroxyl groups is 1. The van der Waals surface area contributed by atoms with Gasteiger partial charge in [0.2, 0.25) is 0 Å². The average molecular weight is 231 g/mol. The first-order valence-electron chi connectivity index (χ1n) is 5.89. The zero-order chi connectivity index (χ0) is 12.1. The fourth-order valence-electron chi connectivity index (χ4n) is 1.84. The van der Waals surface area contributed by atoms with Gasteiger partial charge in [-0.2, -0.15) is 0 Å². The van der Waals surface area contributed by atoms with Gasteiger partial charge >= 0.3 is 0 Å². The molecule has 0 saturated carbocycles. The molecule has 2 aromatic rings. The summed E-state index contributed by atoms with van der Waals surface area (Å²) in [5, 5.41) is 10.1. The monoisotopic (exact) mass is 231 g/mol. The highest BCUT2D eigenvalue weighted by Crippen LogP contribution is 2.16. The maximum absolute atomic E-state index is 10.1. The Morgan fingerprint density at radius 1 is 1.41 bits per heavy atom. The van der Waals surface area contributed by atoms with E-state index in [1.54, 1.807) is 18.6 Å². The number of aromatic nitrogens is 3. The van der Waals surface area contributed by atoms with Crippen molar-refractivity contribution in [3.05, 3.63) is 48.3 Å². The fraction of sp³-hybridized carbons (Fsp3) is 0.385. The minimum Gasteiger partial charge on any atom is -0.388 e. The van der Waals surface area contributed by atoms with Crippen molar-refractivity contribution < 1.29 is 5.11 Å². The van der Waals surface area contributed by atoms with Crippen molar-refractivity contribution in [2.45, 2.75) is 32.4 Å². The van der Waals surface area contributed by atoms with Crippen LogP contribution in [0.4, 0.5) is 0 Å². The first-order valence-corrected chi connectivity index (χ1v) is 5.89. The topological polar surface area (TPSA) is 50.9 Å². The average Bonchev–Trinajstić information content (AvgIpc) is 2.78. The Morgan fingerprint density at radius 3 is 3.00 bits per heavy atom. The predicted molar refractivity (Wildman–Crippen MR) is 65.4 cm³/mol. The molecule has 0 saturated heterocycles. The molecule has 0 amide bonds. The van der Waals surface area contributed by atoms with E-state index < -0.39 is 6.10 Å². The molecule has 2 rings (SSSR count). The van der Waals surface area contributed by atoms with Crippen LogP contribution in [-0.4, -0.2) is 19.6 Å². The summed E-state index contributed by atoms with van der Waals surface area (Å²) in [6, 6.07) is 3.71. The van der Waals surface area contributed by atoms with E-state index in [0.717, 1.165) is 24.4 Å². The van der Waals surface area contributed by atoms with Crippen molar-refractivity contribution in [1.29, 1.82) is 0 Å². The van der Waals surface area contributed by atoms with Gasteiger partial charge in [-0.15, -0.1) is 0 Å². The summed E-state index contributed by atoms with van der Waals surface area (Å²) in [6.07, 6.45) is 8.18. The molecule has 90 valence electrons. The first kappa shape index (κ1) is 11.8. The number of imidazole rings is 1. The van der Waals surface area contributed by atoms with Gasteiger partial charge in [0.1, 0.15) is 5.82 Å². The highest BCUT2D eigenvalue weighted by atomic mass is 16.3. The molecule has 1 atom stereocenters. The standard InChI is InChI=1S/C13H17N3O/c1-2-7-16-8-6-15-13(16)9-12(17)11-4-3-5-14-10-11/h3-6,8,10,12,17H,2,7,9H2,1H3. The van der Waals surface area contributed by atoms with Crippen LogP contribution in [0.2, 0.25) is 0 Å². The van der Waals surface area contributed by atoms with E-state index in [0.29, 0.717) is 6.42 Å². The van der Waals surface area contributed by atoms with Crippen LogP contribution in [0, 0.1) is 0 Å². The fourth-order valence-corrected chi connectivity index (χ4v) is 1.84. The van der Waals surface area contributed by atoms with Gasteiger partial charge in [0.05, 0.1) is 6.10 Å². The molecule has 1 unspecified atom stereocenters. The molecule has 0 spiro atoms. The summed E-state index contributed by atoms with van der Waals surface area (Å²) >= 11 is 0. The number of nitrogens with zero attached hydrogens (tertiary/aromatic N) is 3. The summed E-state index contributed by atoms with van der Waals surface area (Å²) in [5.41, 5.74) is 0.832. The molecule has 0 aromatic carbocycles. The van der Waals surface area contributed by atoms with E-state index in [1.165, 1.54) is 0 Å². The van der Waals surface area contributed by atoms with Crippen LogP contribution >= 0.6 is 0 Å². The molecule has 0 aliphatic carbocycles. The smallest absolute Gasteiger partial charge is 0.111 e. The Bertz CT molecular complexity index is 453. The van der Waals surface area contributed by atoms with E-state index in [-0.39, 0.29) is 0 Å². The third kappa shape index (κ3) is 2.91. The van der Waals surface area contributed by atoms with Crippen molar-refractivity contribution >= 4 is 0 Å². The largest absolute Gasteiger partial charge is 0.388 e. The quantitative estimate of drug-likeness (QED) is 0.855. The number of rotatable bonds is 5. The van der Waals surface area contributed by atoms with E-state index in [9.17, 15) is 5.11 Å². The molecule has 0 bridgehead atoms. The molecular formula is C13H17N3O. The van der Waals surface area contributed by atoms with Crippen LogP contribution in [-0.2, 0) is 13.0 Å². The number of aryl methyl sites for hydroxylation is 1. The summed E-state index contributed by atoms with van der Waals surface area (Å²) in [6.45, 7) is 3.07. The molecule has 17 heavy (non-hydrogen) atoms. The SMILES string of the molecule is CCCn1ccnc1CC(O)c1cccnc1. The van der Waals surface area contributed by atoms with E-state index in [2.05, 4.69) is 21.5 Å². The van der Waals surface area contributed by atoms with Crippen molar-refractivity contribution in [2.75, 3.05) is 0 Å². The van der Waals surface area contributed by atoms with Gasteiger partial charge in [-0.3, -0.25) is 4.98 Å². The lowest BCUT2D eigenvalue weighted by Crippen LogP contribution is -2.09. The van der Waals surface area contributed by atoms with Crippen LogP contribution < -0.4 is 0 Å². The lowest BCUT2D eigenvalue weighted by atomic mass is 10.1. The molecular weight excluding hydrogens is 214 g/mol. The molecule has 2 heterocycles. The third-order valence-electron chi connectivity index (χ3n) is 2.71. The Labute approximate surface area is 101 Å². The van der Waals surface area contributed by atoms with Gasteiger partial charge in [-0.25, -0.2) is 4.98 Å². The molecule has 0 fully saturated rings. The normalized spacial score (nSPS) is 12.6. The minimum absolute atomic E-state index is 0.526. The molecule has 4 nitrogen and oxygen atoms in total. The Morgan fingerprint density at radius 2 is 2.29 bits per heavy atom. The van der Waals surface area contributed by atoms with Gasteiger partial charge in [0.25, 0.3) is 0 Å². The Hall–Kier alpha value is -1.68. The van der Waals surface area contributed by atoms with Crippen LogP contribution in [0.25, 0.3) is 0 Å². The van der Waals surface area contributed by atoms with E-state index in [1.807, 2.05) is 18.3 Å². The summed E-state index contributed by atoms with van der Waals surface area (Å²) in [5.74, 6) is 0.920. The summed E-state index contributed by atoms with van der Waals surface area (Å²) in [7, 11) is 0. The molecule has 4 heteroatoms. The lowest BCUT2D eigenvalue weighted by Gasteiger charge is -2.11. The van der Waals surface area contributed by atoms with Crippen molar-refractivity contribution in [1.82, 2.24) is 14.5 Å². The zero-order valence-electron chi connectivity index (χ0n) is 9.95. The number of aliphatic hydroxyl groups excluding tert-OH is 1. The van der Waals surface area contributed by atoms with Crippen LogP contribution in [0.5, 0.6) is 0 Å². The molecule has 1 N–H and O–H groups in total. The second-order valence-corrected chi connectivity index (χ2v) is 4.04. The van der Waals surface area contributed by atoms with Crippen LogP contribution in [0.1, 0.15) is 30.8 Å². The van der Waals surface area contributed by atoms with E-state index in [4.69, 9.17) is 0 Å². The summed E-state index contributed by atoms with van der Waals surface area (Å²) in [4.78, 5) is 8.29. The number of hydrogen-bond donors (Lipinski definition) is 1. The number of hydrogen-bond acceptors (Lipinski definition) is 3. The van der Waals surface area contributed by atoms with Gasteiger partial charge in [-0.05, 0) is 18.1 Å². The second-order valence-electron chi connectivity index (χ2n) is 4.04. The van der Waals surface area contributed by atoms with E-state index >= 15 is 0 Å². The Kier molecular flexibility index (Phi) is 3.88. The Balaban J connectivity index is 2.08. The third-order valence-corrected chi connectivity index (χ3v) is 2.71. The van der Waals surface area contributed by atoms with Crippen molar-refractivity contribution in [3.63, 3.8) is 0 Å². The van der Waals surface area contributed by atoms with Gasteiger partial charge in [-0.1, -0.05) is 13.0 Å². The summed E-state index contributed by atoms with van der Waals surface area (Å²) < 4.78 is 2.08. The van der Waals surface area contributed by atoms with Gasteiger partial charge < -0.3 is 9.67 Å². The minimum atomic E-state index is -0.540. The highest BCUT2D eigenvalue weighted by molar-refractivity contribution is 5.13. The van der Waals surface area contributed by atoms with Gasteiger partial charge in [0, 0.05) is 37.8 Å². The first-order chi connectivity index (χ1) is 8.31. The number of pyridine rings is 1. The second kappa shape index (κ2) is 5.59. The molecule has 0 aliphatic heterocycles. The maximum atomic E-state index is 10.1. The molecule has 0 radical (unpaired) electrons. The predicted octanol–water partition coefficient (Wildman–Crippen LogP) is 1.96. The zero-order valence-corrected chi connectivity index (χ0v) is 9.95.